The summed E-state index contributed by atoms with van der Waals surface area (Å²) in [5.74, 6) is 2.36. The van der Waals surface area contributed by atoms with Crippen LogP contribution in [0.2, 0.25) is 0 Å². The summed E-state index contributed by atoms with van der Waals surface area (Å²) in [6.45, 7) is 25.9. The maximum Gasteiger partial charge on any atom is 0.338 e. The van der Waals surface area contributed by atoms with Crippen molar-refractivity contribution in [3.05, 3.63) is 71.3 Å². The Morgan fingerprint density at radius 3 is 2.22 bits per heavy atom. The molecule has 1 aliphatic heterocycles. The lowest BCUT2D eigenvalue weighted by atomic mass is 9.33. The molecule has 7 aliphatic rings. The molecule has 1 aromatic rings. The molecule has 1 aromatic carbocycles. The molecule has 6 aliphatic carbocycles. The lowest BCUT2D eigenvalue weighted by Crippen LogP contribution is -2.68. The number of carbonyl (C=O) groups excluding carboxylic acids is 2. The second-order valence-electron chi connectivity index (χ2n) is 23.1. The Kier molecular flexibility index (Phi) is 12.7. The van der Waals surface area contributed by atoms with Crippen molar-refractivity contribution in [1.82, 2.24) is 10.2 Å². The molecule has 4 saturated carbocycles. The van der Waals surface area contributed by atoms with Gasteiger partial charge in [-0.05, 0) is 191 Å². The van der Waals surface area contributed by atoms with Crippen LogP contribution in [-0.2, 0) is 24.1 Å². The molecule has 0 amide bonds. The summed E-state index contributed by atoms with van der Waals surface area (Å²) in [5, 5.41) is 4.10. The summed E-state index contributed by atoms with van der Waals surface area (Å²) < 4.78 is 35.9. The molecule has 5 fully saturated rings. The summed E-state index contributed by atoms with van der Waals surface area (Å²) in [6, 6.07) is 9.02. The van der Waals surface area contributed by atoms with Gasteiger partial charge in [0.2, 0.25) is 0 Å². The van der Waals surface area contributed by atoms with E-state index in [0.29, 0.717) is 54.6 Å². The Hall–Kier alpha value is -2.75. The number of rotatable bonds is 12. The fourth-order valence-corrected chi connectivity index (χ4v) is 17.4. The molecule has 1 unspecified atom stereocenters. The molecule has 0 radical (unpaired) electrons. The van der Waals surface area contributed by atoms with Crippen molar-refractivity contribution in [3.63, 3.8) is 0 Å². The summed E-state index contributed by atoms with van der Waals surface area (Å²) in [6.07, 6.45) is 20.8. The number of sulfone groups is 1. The van der Waals surface area contributed by atoms with Gasteiger partial charge in [-0.3, -0.25) is 4.79 Å². The van der Waals surface area contributed by atoms with Gasteiger partial charge >= 0.3 is 11.9 Å². The van der Waals surface area contributed by atoms with Crippen molar-refractivity contribution in [2.45, 2.75) is 149 Å². The van der Waals surface area contributed by atoms with Gasteiger partial charge in [-0.25, -0.2) is 13.2 Å². The summed E-state index contributed by atoms with van der Waals surface area (Å²) in [4.78, 5) is 29.1. The van der Waals surface area contributed by atoms with E-state index in [2.05, 4.69) is 70.5 Å². The number of hydrogen-bond donors (Lipinski definition) is 1. The van der Waals surface area contributed by atoms with Crippen LogP contribution in [0.25, 0.3) is 0 Å². The van der Waals surface area contributed by atoms with Crippen molar-refractivity contribution in [2.75, 3.05) is 45.6 Å². The molecular formula is C54H80N2O6S. The molecule has 9 heteroatoms. The van der Waals surface area contributed by atoms with Crippen LogP contribution < -0.4 is 5.32 Å². The van der Waals surface area contributed by atoms with Crippen LogP contribution in [0.3, 0.4) is 0 Å². The molecule has 1 N–H and O–H groups in total. The molecule has 8 nitrogen and oxygen atoms in total. The minimum absolute atomic E-state index is 0.0101. The monoisotopic (exact) mass is 885 g/mol. The Morgan fingerprint density at radius 2 is 1.57 bits per heavy atom. The highest BCUT2D eigenvalue weighted by Crippen LogP contribution is 2.76. The molecular weight excluding hydrogens is 805 g/mol. The second kappa shape index (κ2) is 17.2. The second-order valence-corrected chi connectivity index (χ2v) is 25.4. The van der Waals surface area contributed by atoms with Gasteiger partial charge in [0.25, 0.3) is 0 Å². The number of carbonyl (C=O) groups is 2. The fourth-order valence-electron chi connectivity index (χ4n) is 16.3. The molecule has 348 valence electrons. The number of likely N-dealkylation sites (tertiary alicyclic amines) is 1. The first kappa shape index (κ1) is 46.8. The molecule has 8 rings (SSSR count). The summed E-state index contributed by atoms with van der Waals surface area (Å²) in [7, 11) is -2.97. The van der Waals surface area contributed by atoms with Gasteiger partial charge in [0.1, 0.15) is 21.9 Å². The van der Waals surface area contributed by atoms with Crippen molar-refractivity contribution in [2.24, 2.45) is 56.7 Å². The van der Waals surface area contributed by atoms with Crippen LogP contribution in [0.1, 0.15) is 149 Å². The van der Waals surface area contributed by atoms with Crippen LogP contribution in [0.4, 0.5) is 0 Å². The SMILES string of the molecule is C=C(C)[C@@H]1CC[C@]2(NCCN3CCC(S(C)(=O)=O)CC3)CC[C@]3(C)[C@H](CC[C@@H]4[C@@]5(C)CC=C(C6=CCC(COC(=O)c7ccccc7)(C(=O)OCC)CC6)C(C)(C)[C@@H]5CC[C@]43C)[C@@H]12. The average molecular weight is 885 g/mol. The van der Waals surface area contributed by atoms with Gasteiger partial charge < -0.3 is 19.7 Å². The number of nitrogens with one attached hydrogen (secondary N) is 1. The topological polar surface area (TPSA) is 102 Å². The van der Waals surface area contributed by atoms with Gasteiger partial charge in [0.15, 0.2) is 0 Å². The quantitative estimate of drug-likeness (QED) is 0.164. The zero-order chi connectivity index (χ0) is 45.2. The number of nitrogens with zero attached hydrogens (tertiary/aromatic N) is 1. The predicted molar refractivity (Wildman–Crippen MR) is 253 cm³/mol. The number of esters is 2. The number of ether oxygens (including phenoxy) is 2. The molecule has 10 atom stereocenters. The van der Waals surface area contributed by atoms with E-state index in [-0.39, 0.29) is 45.0 Å². The van der Waals surface area contributed by atoms with E-state index in [1.807, 2.05) is 25.1 Å². The van der Waals surface area contributed by atoms with Gasteiger partial charge in [0, 0.05) is 24.9 Å². The Labute approximate surface area is 380 Å². The predicted octanol–water partition coefficient (Wildman–Crippen LogP) is 10.5. The van der Waals surface area contributed by atoms with E-state index in [1.165, 1.54) is 74.3 Å². The highest BCUT2D eigenvalue weighted by molar-refractivity contribution is 7.91. The molecule has 0 aromatic heterocycles. The average Bonchev–Trinajstić information content (AvgIpc) is 3.63. The normalized spacial score (nSPS) is 39.1. The Bertz CT molecular complexity index is 2090. The van der Waals surface area contributed by atoms with Gasteiger partial charge in [-0.2, -0.15) is 0 Å². The van der Waals surface area contributed by atoms with Gasteiger partial charge in [-0.1, -0.05) is 77.1 Å². The van der Waals surface area contributed by atoms with Gasteiger partial charge in [-0.15, -0.1) is 0 Å². The summed E-state index contributed by atoms with van der Waals surface area (Å²) >= 11 is 0. The maximum absolute atomic E-state index is 13.6. The highest BCUT2D eigenvalue weighted by atomic mass is 32.2. The minimum atomic E-state index is -2.97. The molecule has 1 saturated heterocycles. The zero-order valence-corrected chi connectivity index (χ0v) is 41.0. The zero-order valence-electron chi connectivity index (χ0n) is 40.2. The Balaban J connectivity index is 0.991. The smallest absolute Gasteiger partial charge is 0.338 e. The van der Waals surface area contributed by atoms with E-state index < -0.39 is 21.2 Å². The van der Waals surface area contributed by atoms with E-state index in [1.54, 1.807) is 12.1 Å². The van der Waals surface area contributed by atoms with Crippen LogP contribution in [0.15, 0.2) is 65.8 Å². The van der Waals surface area contributed by atoms with Crippen LogP contribution in [0.5, 0.6) is 0 Å². The molecule has 0 bridgehead atoms. The first-order chi connectivity index (χ1) is 29.7. The van der Waals surface area contributed by atoms with Crippen LogP contribution in [0, 0.1) is 56.7 Å². The summed E-state index contributed by atoms with van der Waals surface area (Å²) in [5.41, 5.74) is 4.65. The van der Waals surface area contributed by atoms with E-state index in [9.17, 15) is 18.0 Å². The van der Waals surface area contributed by atoms with E-state index >= 15 is 0 Å². The molecule has 0 spiro atoms. The Morgan fingerprint density at radius 1 is 0.841 bits per heavy atom. The number of hydrogen-bond acceptors (Lipinski definition) is 8. The van der Waals surface area contributed by atoms with Crippen molar-refractivity contribution >= 4 is 21.8 Å². The van der Waals surface area contributed by atoms with E-state index in [4.69, 9.17) is 9.47 Å². The lowest BCUT2D eigenvalue weighted by molar-refractivity contribution is -0.221. The van der Waals surface area contributed by atoms with Crippen molar-refractivity contribution in [1.29, 1.82) is 0 Å². The van der Waals surface area contributed by atoms with Crippen molar-refractivity contribution in [3.8, 4) is 0 Å². The standard InChI is InChI=1S/C54H80N2O6S/c1-10-61-48(58)53(36-62-47(57)39-14-12-11-13-15-39)27-18-38(19-28-53)42-21-25-50(6)44(49(42,4)5)22-26-52(8)45(50)17-16-43-46-41(37(2)3)20-29-54(46,31-30-51(43,52)7)55-32-35-56-33-23-40(24-34-56)63(9,59)60/h11-15,18,21,40-41,43-46,55H,2,10,16-17,19-20,22-36H2,1,3-9H3/t41-,43+,44-,45+,46+,50-,51+,52+,53?,54-/m0/s1. The minimum Gasteiger partial charge on any atom is -0.465 e. The van der Waals surface area contributed by atoms with Crippen molar-refractivity contribution < 1.29 is 27.5 Å². The number of piperidine rings is 1. The number of allylic oxidation sites excluding steroid dienone is 5. The number of fused-ring (bicyclic) bond motifs is 7. The third-order valence-electron chi connectivity index (χ3n) is 19.8. The highest BCUT2D eigenvalue weighted by Gasteiger charge is 2.70. The maximum atomic E-state index is 13.6. The van der Waals surface area contributed by atoms with E-state index in [0.717, 1.165) is 51.9 Å². The van der Waals surface area contributed by atoms with Crippen LogP contribution >= 0.6 is 0 Å². The fraction of sp³-hybridized carbons (Fsp3) is 0.741. The van der Waals surface area contributed by atoms with Gasteiger partial charge in [0.05, 0.1) is 17.4 Å². The van der Waals surface area contributed by atoms with Crippen LogP contribution in [-0.4, -0.2) is 81.7 Å². The molecule has 1 heterocycles. The first-order valence-electron chi connectivity index (χ1n) is 24.9. The third-order valence-corrected chi connectivity index (χ3v) is 21.5. The largest absolute Gasteiger partial charge is 0.465 e. The third kappa shape index (κ3) is 7.95. The number of benzene rings is 1. The lowest BCUT2D eigenvalue weighted by Gasteiger charge is -2.72. The first-order valence-corrected chi connectivity index (χ1v) is 26.8. The molecule has 63 heavy (non-hydrogen) atoms.